The summed E-state index contributed by atoms with van der Waals surface area (Å²) < 4.78 is 0. The molecule has 2 heterocycles. The Morgan fingerprint density at radius 1 is 1.56 bits per heavy atom. The van der Waals surface area contributed by atoms with Gasteiger partial charge in [0.25, 0.3) is 0 Å². The predicted octanol–water partition coefficient (Wildman–Crippen LogP) is 2.57. The van der Waals surface area contributed by atoms with Gasteiger partial charge in [-0.2, -0.15) is 0 Å². The van der Waals surface area contributed by atoms with Crippen molar-refractivity contribution in [1.29, 1.82) is 0 Å². The Labute approximate surface area is 113 Å². The van der Waals surface area contributed by atoms with Crippen molar-refractivity contribution in [2.75, 3.05) is 13.1 Å². The number of hydrogen-bond acceptors (Lipinski definition) is 4. The number of hydrogen-bond donors (Lipinski definition) is 2. The van der Waals surface area contributed by atoms with Crippen molar-refractivity contribution in [3.63, 3.8) is 0 Å². The molecular formula is C14H23N3S. The van der Waals surface area contributed by atoms with E-state index in [1.165, 1.54) is 30.8 Å². The zero-order chi connectivity index (χ0) is 12.4. The van der Waals surface area contributed by atoms with Crippen LogP contribution in [0.25, 0.3) is 0 Å². The molecule has 1 aliphatic heterocycles. The van der Waals surface area contributed by atoms with Crippen LogP contribution in [0.2, 0.25) is 0 Å². The van der Waals surface area contributed by atoms with Crippen molar-refractivity contribution in [3.8, 4) is 0 Å². The highest BCUT2D eigenvalue weighted by Gasteiger charge is 2.38. The predicted molar refractivity (Wildman–Crippen MR) is 75.8 cm³/mol. The van der Waals surface area contributed by atoms with Gasteiger partial charge in [-0.05, 0) is 37.6 Å². The Morgan fingerprint density at radius 2 is 2.50 bits per heavy atom. The van der Waals surface area contributed by atoms with Crippen LogP contribution in [0, 0.1) is 11.8 Å². The monoisotopic (exact) mass is 265 g/mol. The first-order valence-corrected chi connectivity index (χ1v) is 8.12. The van der Waals surface area contributed by atoms with Crippen LogP contribution < -0.4 is 10.6 Å². The zero-order valence-electron chi connectivity index (χ0n) is 11.1. The van der Waals surface area contributed by atoms with Crippen LogP contribution in [0.4, 0.5) is 0 Å². The van der Waals surface area contributed by atoms with Gasteiger partial charge >= 0.3 is 0 Å². The summed E-state index contributed by atoms with van der Waals surface area (Å²) in [6.07, 6.45) is 7.34. The zero-order valence-corrected chi connectivity index (χ0v) is 11.9. The first kappa shape index (κ1) is 12.6. The fourth-order valence-corrected chi connectivity index (χ4v) is 4.41. The van der Waals surface area contributed by atoms with E-state index in [-0.39, 0.29) is 0 Å². The molecule has 2 N–H and O–H groups in total. The Hall–Kier alpha value is -0.450. The molecule has 4 heteroatoms. The molecular weight excluding hydrogens is 242 g/mol. The van der Waals surface area contributed by atoms with Gasteiger partial charge < -0.3 is 10.6 Å². The summed E-state index contributed by atoms with van der Waals surface area (Å²) in [5.74, 6) is 1.88. The number of fused-ring (bicyclic) bond motifs is 1. The number of thiazole rings is 1. The number of aromatic nitrogens is 1. The average Bonchev–Trinajstić information content (AvgIpc) is 3.07. The quantitative estimate of drug-likeness (QED) is 0.859. The molecule has 2 fully saturated rings. The topological polar surface area (TPSA) is 37.0 Å². The van der Waals surface area contributed by atoms with Crippen LogP contribution >= 0.6 is 11.3 Å². The Kier molecular flexibility index (Phi) is 3.97. The first-order valence-electron chi connectivity index (χ1n) is 7.24. The van der Waals surface area contributed by atoms with Crippen LogP contribution in [0.1, 0.15) is 43.7 Å². The number of rotatable bonds is 5. The number of nitrogens with zero attached hydrogens (tertiary/aromatic N) is 1. The van der Waals surface area contributed by atoms with E-state index in [4.69, 9.17) is 0 Å². The third kappa shape index (κ3) is 2.46. The fraction of sp³-hybridized carbons (Fsp3) is 0.786. The molecule has 100 valence electrons. The third-order valence-corrected chi connectivity index (χ3v) is 5.51. The fourth-order valence-electron chi connectivity index (χ4n) is 3.61. The lowest BCUT2D eigenvalue weighted by Gasteiger charge is -2.22. The summed E-state index contributed by atoms with van der Waals surface area (Å²) in [4.78, 5) is 4.43. The molecule has 0 aromatic carbocycles. The van der Waals surface area contributed by atoms with Crippen LogP contribution in [0.5, 0.6) is 0 Å². The minimum Gasteiger partial charge on any atom is -0.312 e. The first-order chi connectivity index (χ1) is 8.88. The van der Waals surface area contributed by atoms with Gasteiger partial charge in [0, 0.05) is 24.2 Å². The van der Waals surface area contributed by atoms with Crippen molar-refractivity contribution in [3.05, 3.63) is 16.6 Å². The van der Waals surface area contributed by atoms with Crippen molar-refractivity contribution < 1.29 is 0 Å². The molecule has 4 unspecified atom stereocenters. The maximum Gasteiger partial charge on any atom is 0.109 e. The minimum atomic E-state index is 0.437. The summed E-state index contributed by atoms with van der Waals surface area (Å²) in [6, 6.07) is 1.12. The smallest absolute Gasteiger partial charge is 0.109 e. The minimum absolute atomic E-state index is 0.437. The SMILES string of the molecule is CCC(NCC1NCC2CCCC21)c1nccs1. The molecule has 1 aromatic rings. The summed E-state index contributed by atoms with van der Waals surface area (Å²) in [7, 11) is 0. The second kappa shape index (κ2) is 5.68. The molecule has 0 amide bonds. The third-order valence-electron chi connectivity index (χ3n) is 4.62. The average molecular weight is 265 g/mol. The molecule has 0 radical (unpaired) electrons. The van der Waals surface area contributed by atoms with Crippen LogP contribution in [-0.4, -0.2) is 24.1 Å². The van der Waals surface area contributed by atoms with E-state index in [1.54, 1.807) is 11.3 Å². The highest BCUT2D eigenvalue weighted by Crippen LogP contribution is 2.37. The second-order valence-corrected chi connectivity index (χ2v) is 6.54. The van der Waals surface area contributed by atoms with Gasteiger partial charge in [-0.1, -0.05) is 13.3 Å². The highest BCUT2D eigenvalue weighted by molar-refractivity contribution is 7.09. The Morgan fingerprint density at radius 3 is 3.28 bits per heavy atom. The maximum atomic E-state index is 4.43. The van der Waals surface area contributed by atoms with Crippen molar-refractivity contribution >= 4 is 11.3 Å². The molecule has 4 atom stereocenters. The van der Waals surface area contributed by atoms with Gasteiger partial charge in [0.1, 0.15) is 5.01 Å². The van der Waals surface area contributed by atoms with Gasteiger partial charge in [-0.25, -0.2) is 4.98 Å². The lowest BCUT2D eigenvalue weighted by Crippen LogP contribution is -2.39. The van der Waals surface area contributed by atoms with E-state index >= 15 is 0 Å². The molecule has 0 spiro atoms. The van der Waals surface area contributed by atoms with Gasteiger partial charge in [-0.3, -0.25) is 0 Å². The van der Waals surface area contributed by atoms with Gasteiger partial charge in [0.15, 0.2) is 0 Å². The molecule has 2 aliphatic rings. The largest absolute Gasteiger partial charge is 0.312 e. The van der Waals surface area contributed by atoms with Gasteiger partial charge in [-0.15, -0.1) is 11.3 Å². The van der Waals surface area contributed by atoms with E-state index < -0.39 is 0 Å². The van der Waals surface area contributed by atoms with E-state index in [9.17, 15) is 0 Å². The lowest BCUT2D eigenvalue weighted by atomic mass is 9.94. The number of nitrogens with one attached hydrogen (secondary N) is 2. The van der Waals surface area contributed by atoms with Crippen molar-refractivity contribution in [2.24, 2.45) is 11.8 Å². The molecule has 1 saturated carbocycles. The normalized spacial score (nSPS) is 32.6. The van der Waals surface area contributed by atoms with Crippen LogP contribution in [0.3, 0.4) is 0 Å². The van der Waals surface area contributed by atoms with E-state index in [0.717, 1.165) is 24.8 Å². The molecule has 1 aromatic heterocycles. The Bertz CT molecular complexity index is 365. The van der Waals surface area contributed by atoms with E-state index in [2.05, 4.69) is 27.9 Å². The highest BCUT2D eigenvalue weighted by atomic mass is 32.1. The second-order valence-electron chi connectivity index (χ2n) is 5.61. The lowest BCUT2D eigenvalue weighted by molar-refractivity contribution is 0.372. The molecule has 18 heavy (non-hydrogen) atoms. The van der Waals surface area contributed by atoms with E-state index in [1.807, 2.05) is 6.20 Å². The summed E-state index contributed by atoms with van der Waals surface area (Å²) in [6.45, 7) is 4.57. The molecule has 1 aliphatic carbocycles. The molecule has 3 rings (SSSR count). The van der Waals surface area contributed by atoms with Crippen molar-refractivity contribution in [1.82, 2.24) is 15.6 Å². The molecule has 1 saturated heterocycles. The van der Waals surface area contributed by atoms with Gasteiger partial charge in [0.05, 0.1) is 6.04 Å². The molecule has 3 nitrogen and oxygen atoms in total. The van der Waals surface area contributed by atoms with Crippen molar-refractivity contribution in [2.45, 2.75) is 44.7 Å². The maximum absolute atomic E-state index is 4.43. The summed E-state index contributed by atoms with van der Waals surface area (Å²) in [5, 5.41) is 10.7. The van der Waals surface area contributed by atoms with Crippen LogP contribution in [-0.2, 0) is 0 Å². The molecule has 0 bridgehead atoms. The summed E-state index contributed by atoms with van der Waals surface area (Å²) in [5.41, 5.74) is 0. The van der Waals surface area contributed by atoms with E-state index in [0.29, 0.717) is 12.1 Å². The standard InChI is InChI=1S/C14H23N3S/c1-2-12(14-15-6-7-18-14)17-9-13-11-5-3-4-10(11)8-16-13/h6-7,10-13,16-17H,2-5,8-9H2,1H3. The van der Waals surface area contributed by atoms with Gasteiger partial charge in [0.2, 0.25) is 0 Å². The van der Waals surface area contributed by atoms with Crippen LogP contribution in [0.15, 0.2) is 11.6 Å². The Balaban J connectivity index is 1.54. The summed E-state index contributed by atoms with van der Waals surface area (Å²) >= 11 is 1.76.